The summed E-state index contributed by atoms with van der Waals surface area (Å²) in [5, 5.41) is 4.11. The van der Waals surface area contributed by atoms with Gasteiger partial charge in [0.25, 0.3) is 0 Å². The van der Waals surface area contributed by atoms with Crippen LogP contribution in [0.4, 0.5) is 0 Å². The smallest absolute Gasteiger partial charge is 0.138 e. The summed E-state index contributed by atoms with van der Waals surface area (Å²) < 4.78 is 17.8. The highest BCUT2D eigenvalue weighted by atomic mass is 16.5. The minimum Gasteiger partial charge on any atom is -0.380 e. The summed E-state index contributed by atoms with van der Waals surface area (Å²) in [6.45, 7) is 9.84. The molecule has 4 rings (SSSR count). The van der Waals surface area contributed by atoms with Crippen molar-refractivity contribution in [2.45, 2.75) is 65.0 Å². The lowest BCUT2D eigenvalue weighted by atomic mass is 9.73. The average molecular weight is 348 g/mol. The Morgan fingerprint density at radius 1 is 1.24 bits per heavy atom. The number of hydrogen-bond donors (Lipinski definition) is 0. The number of fused-ring (bicyclic) bond motifs is 1. The zero-order valence-corrected chi connectivity index (χ0v) is 15.8. The second-order valence-corrected chi connectivity index (χ2v) is 8.44. The van der Waals surface area contributed by atoms with Gasteiger partial charge in [-0.1, -0.05) is 11.6 Å². The van der Waals surface area contributed by atoms with E-state index < -0.39 is 0 Å². The van der Waals surface area contributed by atoms with Gasteiger partial charge < -0.3 is 14.0 Å². The van der Waals surface area contributed by atoms with Gasteiger partial charge >= 0.3 is 0 Å². The van der Waals surface area contributed by atoms with Gasteiger partial charge in [0.2, 0.25) is 0 Å². The van der Waals surface area contributed by atoms with Crippen LogP contribution in [0.25, 0.3) is 0 Å². The number of hydrogen-bond acceptors (Lipinski definition) is 5. The molecule has 25 heavy (non-hydrogen) atoms. The van der Waals surface area contributed by atoms with Crippen LogP contribution in [0.1, 0.15) is 55.5 Å². The zero-order valence-electron chi connectivity index (χ0n) is 15.8. The van der Waals surface area contributed by atoms with E-state index in [9.17, 15) is 0 Å². The zero-order chi connectivity index (χ0) is 17.3. The fourth-order valence-corrected chi connectivity index (χ4v) is 4.77. The molecule has 5 nitrogen and oxygen atoms in total. The highest BCUT2D eigenvalue weighted by molar-refractivity contribution is 5.20. The fraction of sp³-hybridized carbons (Fsp3) is 0.850. The van der Waals surface area contributed by atoms with Crippen LogP contribution in [-0.2, 0) is 16.0 Å². The van der Waals surface area contributed by atoms with E-state index in [0.717, 1.165) is 69.7 Å². The van der Waals surface area contributed by atoms with E-state index in [1.54, 1.807) is 0 Å². The van der Waals surface area contributed by atoms with Gasteiger partial charge in [0, 0.05) is 43.8 Å². The first-order valence-electron chi connectivity index (χ1n) is 10.00. The Labute approximate surface area is 151 Å². The van der Waals surface area contributed by atoms with Crippen LogP contribution in [0, 0.1) is 25.2 Å². The standard InChI is InChI=1S/C20H32N2O3/c1-15-18(16(2)25-21-15)11-22-9-7-19-20(13-22,8-4-10-24-19)14-23-12-17-5-3-6-17/h17,19H,3-14H2,1-2H3/t19-,20-/m0/s1. The van der Waals surface area contributed by atoms with E-state index >= 15 is 0 Å². The van der Waals surface area contributed by atoms with Crippen molar-refractivity contribution in [2.75, 3.05) is 32.9 Å². The lowest BCUT2D eigenvalue weighted by molar-refractivity contribution is -0.157. The summed E-state index contributed by atoms with van der Waals surface area (Å²) in [6, 6.07) is 0. The van der Waals surface area contributed by atoms with Crippen LogP contribution >= 0.6 is 0 Å². The Kier molecular flexibility index (Phi) is 5.16. The van der Waals surface area contributed by atoms with Crippen molar-refractivity contribution in [1.29, 1.82) is 0 Å². The highest BCUT2D eigenvalue weighted by Crippen LogP contribution is 2.41. The Morgan fingerprint density at radius 3 is 2.84 bits per heavy atom. The maximum absolute atomic E-state index is 6.23. The first-order chi connectivity index (χ1) is 12.2. The molecule has 1 saturated carbocycles. The average Bonchev–Trinajstić information content (AvgIpc) is 2.89. The van der Waals surface area contributed by atoms with E-state index in [1.807, 2.05) is 13.8 Å². The molecule has 5 heteroatoms. The van der Waals surface area contributed by atoms with Gasteiger partial charge in [-0.15, -0.1) is 0 Å². The predicted molar refractivity (Wildman–Crippen MR) is 95.4 cm³/mol. The molecule has 3 heterocycles. The lowest BCUT2D eigenvalue weighted by Gasteiger charge is -2.50. The van der Waals surface area contributed by atoms with Gasteiger partial charge in [0.1, 0.15) is 5.76 Å². The number of rotatable bonds is 6. The van der Waals surface area contributed by atoms with Crippen molar-refractivity contribution < 1.29 is 14.0 Å². The number of piperidine rings is 1. The number of nitrogens with zero attached hydrogens (tertiary/aromatic N) is 2. The third kappa shape index (κ3) is 3.64. The normalized spacial score (nSPS) is 30.9. The Balaban J connectivity index is 1.41. The number of likely N-dealkylation sites (tertiary alicyclic amines) is 1. The molecule has 3 fully saturated rings. The molecule has 0 amide bonds. The van der Waals surface area contributed by atoms with Crippen molar-refractivity contribution >= 4 is 0 Å². The molecular formula is C20H32N2O3. The molecule has 0 aromatic carbocycles. The van der Waals surface area contributed by atoms with Gasteiger partial charge in [-0.25, -0.2) is 0 Å². The molecule has 1 aliphatic carbocycles. The van der Waals surface area contributed by atoms with E-state index in [4.69, 9.17) is 14.0 Å². The van der Waals surface area contributed by atoms with Crippen LogP contribution in [0.5, 0.6) is 0 Å². The third-order valence-corrected chi connectivity index (χ3v) is 6.60. The second kappa shape index (κ2) is 7.37. The van der Waals surface area contributed by atoms with E-state index in [0.29, 0.717) is 6.10 Å². The molecule has 0 bridgehead atoms. The van der Waals surface area contributed by atoms with Crippen LogP contribution in [0.2, 0.25) is 0 Å². The van der Waals surface area contributed by atoms with E-state index in [2.05, 4.69) is 10.1 Å². The molecule has 1 aromatic heterocycles. The molecule has 0 spiro atoms. The predicted octanol–water partition coefficient (Wildman–Crippen LogP) is 3.48. The van der Waals surface area contributed by atoms with Crippen molar-refractivity contribution in [1.82, 2.24) is 10.1 Å². The quantitative estimate of drug-likeness (QED) is 0.788. The van der Waals surface area contributed by atoms with Crippen molar-refractivity contribution in [3.8, 4) is 0 Å². The van der Waals surface area contributed by atoms with Gasteiger partial charge in [0.15, 0.2) is 0 Å². The van der Waals surface area contributed by atoms with Gasteiger partial charge in [-0.3, -0.25) is 4.90 Å². The minimum absolute atomic E-state index is 0.166. The Hall–Kier alpha value is -0.910. The van der Waals surface area contributed by atoms with Crippen LogP contribution in [-0.4, -0.2) is 49.1 Å². The highest BCUT2D eigenvalue weighted by Gasteiger charge is 2.46. The molecule has 140 valence electrons. The van der Waals surface area contributed by atoms with Gasteiger partial charge in [-0.05, 0) is 51.9 Å². The first-order valence-corrected chi connectivity index (χ1v) is 10.00. The van der Waals surface area contributed by atoms with Gasteiger partial charge in [-0.2, -0.15) is 0 Å². The van der Waals surface area contributed by atoms with Crippen LogP contribution in [0.15, 0.2) is 4.52 Å². The SMILES string of the molecule is Cc1noc(C)c1CN1CC[C@@H]2OCCC[C@@]2(COCC2CCC2)C1. The van der Waals surface area contributed by atoms with Crippen LogP contribution in [0.3, 0.4) is 0 Å². The summed E-state index contributed by atoms with van der Waals surface area (Å²) in [7, 11) is 0. The topological polar surface area (TPSA) is 47.7 Å². The minimum atomic E-state index is 0.166. The fourth-order valence-electron chi connectivity index (χ4n) is 4.77. The molecular weight excluding hydrogens is 316 g/mol. The largest absolute Gasteiger partial charge is 0.380 e. The summed E-state index contributed by atoms with van der Waals surface area (Å²) in [5.74, 6) is 1.76. The summed E-state index contributed by atoms with van der Waals surface area (Å²) in [5.41, 5.74) is 2.44. The first kappa shape index (κ1) is 17.5. The molecule has 1 aromatic rings. The number of ether oxygens (including phenoxy) is 2. The molecule has 0 radical (unpaired) electrons. The molecule has 2 saturated heterocycles. The molecule has 0 unspecified atom stereocenters. The van der Waals surface area contributed by atoms with Crippen molar-refractivity contribution in [3.63, 3.8) is 0 Å². The monoisotopic (exact) mass is 348 g/mol. The third-order valence-electron chi connectivity index (χ3n) is 6.60. The molecule has 2 atom stereocenters. The Morgan fingerprint density at radius 2 is 2.12 bits per heavy atom. The lowest BCUT2D eigenvalue weighted by Crippen LogP contribution is -2.56. The Bertz CT molecular complexity index is 564. The summed E-state index contributed by atoms with van der Waals surface area (Å²) in [6.07, 6.45) is 7.94. The van der Waals surface area contributed by atoms with Crippen molar-refractivity contribution in [3.05, 3.63) is 17.0 Å². The number of aromatic nitrogens is 1. The van der Waals surface area contributed by atoms with E-state index in [1.165, 1.54) is 31.2 Å². The molecule has 0 N–H and O–H groups in total. The van der Waals surface area contributed by atoms with Crippen molar-refractivity contribution in [2.24, 2.45) is 11.3 Å². The van der Waals surface area contributed by atoms with E-state index in [-0.39, 0.29) is 5.41 Å². The van der Waals surface area contributed by atoms with Crippen LogP contribution < -0.4 is 0 Å². The maximum Gasteiger partial charge on any atom is 0.138 e. The summed E-state index contributed by atoms with van der Waals surface area (Å²) >= 11 is 0. The van der Waals surface area contributed by atoms with Gasteiger partial charge in [0.05, 0.1) is 18.4 Å². The number of aryl methyl sites for hydroxylation is 2. The summed E-state index contributed by atoms with van der Waals surface area (Å²) in [4.78, 5) is 2.56. The molecule has 2 aliphatic heterocycles. The maximum atomic E-state index is 6.23. The second-order valence-electron chi connectivity index (χ2n) is 8.44. The molecule has 3 aliphatic rings.